The lowest BCUT2D eigenvalue weighted by atomic mass is 10.0. The minimum atomic E-state index is -3.21. The summed E-state index contributed by atoms with van der Waals surface area (Å²) in [6.07, 6.45) is 3.69. The van der Waals surface area contributed by atoms with Gasteiger partial charge in [-0.2, -0.15) is 4.98 Å². The zero-order valence-corrected chi connectivity index (χ0v) is 18.0. The molecule has 1 aromatic carbocycles. The maximum Gasteiger partial charge on any atom is 0.224 e. The second-order valence-electron chi connectivity index (χ2n) is 6.84. The summed E-state index contributed by atoms with van der Waals surface area (Å²) in [5.74, 6) is -1.90. The third-order valence-corrected chi connectivity index (χ3v) is 6.55. The van der Waals surface area contributed by atoms with Gasteiger partial charge in [-0.15, -0.1) is 0 Å². The summed E-state index contributed by atoms with van der Waals surface area (Å²) in [4.78, 5) is 8.27. The molecular weight excluding hydrogens is 436 g/mol. The van der Waals surface area contributed by atoms with Crippen molar-refractivity contribution in [2.75, 3.05) is 37.5 Å². The zero-order chi connectivity index (χ0) is 22.1. The maximum absolute atomic E-state index is 14.3. The zero-order valence-electron chi connectivity index (χ0n) is 16.4. The van der Waals surface area contributed by atoms with Crippen molar-refractivity contribution in [3.63, 3.8) is 0 Å². The van der Waals surface area contributed by atoms with Gasteiger partial charge in [-0.3, -0.25) is 0 Å². The highest BCUT2D eigenvalue weighted by atomic mass is 32.2. The molecule has 2 heterocycles. The first-order valence-corrected chi connectivity index (χ1v) is 11.3. The molecule has 0 bridgehead atoms. The van der Waals surface area contributed by atoms with E-state index in [4.69, 9.17) is 22.7 Å². The fraction of sp³-hybridized carbons (Fsp3) is 0.389. The number of hydrogen-bond acceptors (Lipinski definition) is 8. The number of nitrogen functional groups attached to an aromatic ring is 1. The van der Waals surface area contributed by atoms with Gasteiger partial charge < -0.3 is 15.8 Å². The average Bonchev–Trinajstić information content (AvgIpc) is 2.69. The smallest absolute Gasteiger partial charge is 0.224 e. The van der Waals surface area contributed by atoms with Crippen LogP contribution in [0.15, 0.2) is 18.3 Å². The topological polar surface area (TPSA) is 110 Å². The van der Waals surface area contributed by atoms with Crippen molar-refractivity contribution in [2.24, 2.45) is 0 Å². The van der Waals surface area contributed by atoms with Crippen molar-refractivity contribution in [3.8, 4) is 5.75 Å². The number of anilines is 2. The van der Waals surface area contributed by atoms with Gasteiger partial charge in [0.15, 0.2) is 11.6 Å². The van der Waals surface area contributed by atoms with Gasteiger partial charge in [0.1, 0.15) is 11.6 Å². The summed E-state index contributed by atoms with van der Waals surface area (Å²) in [7, 11) is -1.89. The number of hydrogen-bond donors (Lipinski definition) is 2. The Kier molecular flexibility index (Phi) is 6.48. The largest absolute Gasteiger partial charge is 0.496 e. The van der Waals surface area contributed by atoms with E-state index >= 15 is 0 Å². The normalized spacial score (nSPS) is 15.7. The standard InChI is InChI=1S/C18H21F2N5O3S2/c1-28-13-4-3-12(19)15(20)14(13)16(29)11-9-22-18(24-17(11)21)23-10-5-7-25(8-6-10)30(2,26)27/h3-4,9-10H,5-8H2,1-2H3,(H3,21,22,23,24). The van der Waals surface area contributed by atoms with Crippen LogP contribution >= 0.6 is 12.2 Å². The van der Waals surface area contributed by atoms with Crippen molar-refractivity contribution >= 4 is 38.9 Å². The third kappa shape index (κ3) is 4.65. The molecule has 1 aliphatic rings. The van der Waals surface area contributed by atoms with Crippen LogP contribution in [0.3, 0.4) is 0 Å². The second-order valence-corrected chi connectivity index (χ2v) is 9.23. The van der Waals surface area contributed by atoms with E-state index in [-0.39, 0.29) is 39.5 Å². The van der Waals surface area contributed by atoms with Crippen molar-refractivity contribution in [3.05, 3.63) is 41.1 Å². The number of sulfonamides is 1. The number of nitrogens with two attached hydrogens (primary N) is 1. The number of nitrogens with one attached hydrogen (secondary N) is 1. The highest BCUT2D eigenvalue weighted by molar-refractivity contribution is 7.88. The number of methoxy groups -OCH3 is 1. The number of benzene rings is 1. The molecule has 1 fully saturated rings. The van der Waals surface area contributed by atoms with Crippen molar-refractivity contribution < 1.29 is 21.9 Å². The Morgan fingerprint density at radius 2 is 2.00 bits per heavy atom. The van der Waals surface area contributed by atoms with Crippen LogP contribution in [-0.4, -0.2) is 60.1 Å². The van der Waals surface area contributed by atoms with E-state index in [9.17, 15) is 17.2 Å². The second kappa shape index (κ2) is 8.74. The Morgan fingerprint density at radius 1 is 1.33 bits per heavy atom. The van der Waals surface area contributed by atoms with E-state index in [0.717, 1.165) is 6.07 Å². The van der Waals surface area contributed by atoms with Gasteiger partial charge in [0, 0.05) is 25.3 Å². The predicted octanol–water partition coefficient (Wildman–Crippen LogP) is 1.95. The highest BCUT2D eigenvalue weighted by Gasteiger charge is 2.26. The van der Waals surface area contributed by atoms with Gasteiger partial charge in [-0.25, -0.2) is 26.5 Å². The highest BCUT2D eigenvalue weighted by Crippen LogP contribution is 2.28. The molecule has 0 amide bonds. The fourth-order valence-corrected chi connectivity index (χ4v) is 4.42. The van der Waals surface area contributed by atoms with Crippen LogP contribution in [0.2, 0.25) is 0 Å². The quantitative estimate of drug-likeness (QED) is 0.500. The molecule has 2 aromatic rings. The third-order valence-electron chi connectivity index (χ3n) is 4.82. The molecule has 12 heteroatoms. The van der Waals surface area contributed by atoms with Gasteiger partial charge in [0.2, 0.25) is 16.0 Å². The van der Waals surface area contributed by atoms with Crippen LogP contribution in [0.5, 0.6) is 5.75 Å². The van der Waals surface area contributed by atoms with Gasteiger partial charge >= 0.3 is 0 Å². The number of ether oxygens (including phenoxy) is 1. The number of rotatable bonds is 6. The summed E-state index contributed by atoms with van der Waals surface area (Å²) < 4.78 is 57.7. The van der Waals surface area contributed by atoms with E-state index in [1.54, 1.807) is 0 Å². The molecule has 0 spiro atoms. The van der Waals surface area contributed by atoms with Crippen LogP contribution in [0, 0.1) is 11.6 Å². The van der Waals surface area contributed by atoms with Crippen LogP contribution in [0.1, 0.15) is 24.0 Å². The Balaban J connectivity index is 1.77. The van der Waals surface area contributed by atoms with Crippen molar-refractivity contribution in [1.82, 2.24) is 14.3 Å². The van der Waals surface area contributed by atoms with Gasteiger partial charge in [-0.1, -0.05) is 12.2 Å². The van der Waals surface area contributed by atoms with Crippen LogP contribution < -0.4 is 15.8 Å². The minimum absolute atomic E-state index is 0.00298. The Bertz CT molecular complexity index is 1070. The molecule has 0 aliphatic carbocycles. The number of aromatic nitrogens is 2. The molecule has 0 unspecified atom stereocenters. The molecule has 1 aromatic heterocycles. The van der Waals surface area contributed by atoms with Crippen molar-refractivity contribution in [1.29, 1.82) is 0 Å². The van der Waals surface area contributed by atoms with Gasteiger partial charge in [0.25, 0.3) is 0 Å². The monoisotopic (exact) mass is 457 g/mol. The molecule has 0 atom stereocenters. The Labute approximate surface area is 178 Å². The summed E-state index contributed by atoms with van der Waals surface area (Å²) in [6.45, 7) is 0.791. The molecule has 0 saturated carbocycles. The molecule has 1 aliphatic heterocycles. The molecule has 8 nitrogen and oxygen atoms in total. The molecule has 30 heavy (non-hydrogen) atoms. The van der Waals surface area contributed by atoms with Crippen LogP contribution in [0.4, 0.5) is 20.5 Å². The predicted molar refractivity (Wildman–Crippen MR) is 113 cm³/mol. The number of nitrogens with zero attached hydrogens (tertiary/aromatic N) is 3. The molecule has 3 N–H and O–H groups in total. The lowest BCUT2D eigenvalue weighted by Crippen LogP contribution is -2.42. The molecule has 1 saturated heterocycles. The van der Waals surface area contributed by atoms with E-state index in [1.165, 1.54) is 29.9 Å². The van der Waals surface area contributed by atoms with Crippen LogP contribution in [0.25, 0.3) is 0 Å². The first-order valence-electron chi connectivity index (χ1n) is 9.02. The number of thiocarbonyl (C=S) groups is 1. The Hall–Kier alpha value is -2.44. The van der Waals surface area contributed by atoms with E-state index in [2.05, 4.69) is 15.3 Å². The summed E-state index contributed by atoms with van der Waals surface area (Å²) in [5, 5.41) is 3.12. The lowest BCUT2D eigenvalue weighted by Gasteiger charge is -2.30. The fourth-order valence-electron chi connectivity index (χ4n) is 3.20. The lowest BCUT2D eigenvalue weighted by molar-refractivity contribution is 0.331. The molecule has 3 rings (SSSR count). The van der Waals surface area contributed by atoms with Gasteiger partial charge in [0.05, 0.1) is 29.4 Å². The van der Waals surface area contributed by atoms with Gasteiger partial charge in [-0.05, 0) is 25.0 Å². The number of piperidine rings is 1. The molecule has 162 valence electrons. The first kappa shape index (κ1) is 22.2. The number of halogens is 2. The van der Waals surface area contributed by atoms with E-state index in [1.807, 2.05) is 0 Å². The average molecular weight is 458 g/mol. The summed E-state index contributed by atoms with van der Waals surface area (Å²) >= 11 is 5.30. The molecule has 0 radical (unpaired) electrons. The minimum Gasteiger partial charge on any atom is -0.496 e. The first-order chi connectivity index (χ1) is 14.1. The van der Waals surface area contributed by atoms with E-state index < -0.39 is 21.7 Å². The van der Waals surface area contributed by atoms with Crippen LogP contribution in [-0.2, 0) is 10.0 Å². The Morgan fingerprint density at radius 3 is 2.57 bits per heavy atom. The summed E-state index contributed by atoms with van der Waals surface area (Å²) in [6, 6.07) is 2.19. The maximum atomic E-state index is 14.3. The summed E-state index contributed by atoms with van der Waals surface area (Å²) in [5.41, 5.74) is 5.95. The van der Waals surface area contributed by atoms with E-state index in [0.29, 0.717) is 25.9 Å². The molecular formula is C18H21F2N5O3S2. The van der Waals surface area contributed by atoms with Crippen molar-refractivity contribution in [2.45, 2.75) is 18.9 Å². The SMILES string of the molecule is COc1ccc(F)c(F)c1C(=S)c1cnc(NC2CCN(S(C)(=O)=O)CC2)nc1N.